The molecule has 0 unspecified atom stereocenters. The van der Waals surface area contributed by atoms with E-state index >= 15 is 0 Å². The van der Waals surface area contributed by atoms with E-state index in [4.69, 9.17) is 4.74 Å². The minimum Gasteiger partial charge on any atom is -0.497 e. The number of hydrogen-bond acceptors (Lipinski definition) is 4. The maximum absolute atomic E-state index is 5.19. The van der Waals surface area contributed by atoms with Crippen LogP contribution >= 0.6 is 0 Å². The zero-order chi connectivity index (χ0) is 17.4. The normalized spacial score (nSPS) is 11.2. The largest absolute Gasteiger partial charge is 0.497 e. The van der Waals surface area contributed by atoms with Crippen molar-refractivity contribution >= 4 is 5.65 Å². The molecule has 0 spiro atoms. The molecule has 25 heavy (non-hydrogen) atoms. The quantitative estimate of drug-likeness (QED) is 0.575. The monoisotopic (exact) mass is 333 g/mol. The highest BCUT2D eigenvalue weighted by Gasteiger charge is 2.09. The Hall–Kier alpha value is -3.15. The maximum Gasteiger partial charge on any atom is 0.158 e. The van der Waals surface area contributed by atoms with E-state index < -0.39 is 0 Å². The van der Waals surface area contributed by atoms with E-state index in [0.29, 0.717) is 6.54 Å². The summed E-state index contributed by atoms with van der Waals surface area (Å²) in [4.78, 5) is 4.44. The highest BCUT2D eigenvalue weighted by Crippen LogP contribution is 2.22. The number of aromatic nitrogens is 5. The van der Waals surface area contributed by atoms with E-state index in [2.05, 4.69) is 46.5 Å². The third kappa shape index (κ3) is 2.98. The standard InChI is InChI=1S/C19H19N5O/c1-13-8-16(12-24-19(13)21-14(2)22-24)17-9-20-23(11-17)10-15-4-6-18(25-3)7-5-15/h4-9,11-12H,10H2,1-3H3. The number of rotatable bonds is 4. The predicted molar refractivity (Wildman–Crippen MR) is 95.8 cm³/mol. The van der Waals surface area contributed by atoms with Crippen molar-refractivity contribution in [1.29, 1.82) is 0 Å². The Bertz CT molecular complexity index is 1030. The van der Waals surface area contributed by atoms with Crippen LogP contribution in [0.25, 0.3) is 16.8 Å². The zero-order valence-electron chi connectivity index (χ0n) is 14.5. The van der Waals surface area contributed by atoms with Crippen LogP contribution in [0.1, 0.15) is 17.0 Å². The summed E-state index contributed by atoms with van der Waals surface area (Å²) in [6.07, 6.45) is 5.93. The Morgan fingerprint density at radius 1 is 1.04 bits per heavy atom. The van der Waals surface area contributed by atoms with Crippen molar-refractivity contribution in [2.24, 2.45) is 0 Å². The molecule has 0 aliphatic heterocycles. The Morgan fingerprint density at radius 2 is 1.84 bits per heavy atom. The minimum atomic E-state index is 0.716. The molecule has 126 valence electrons. The summed E-state index contributed by atoms with van der Waals surface area (Å²) in [5, 5.41) is 8.90. The van der Waals surface area contributed by atoms with Crippen LogP contribution in [0.15, 0.2) is 48.9 Å². The molecule has 4 rings (SSSR count). The van der Waals surface area contributed by atoms with E-state index in [1.54, 1.807) is 7.11 Å². The van der Waals surface area contributed by atoms with Gasteiger partial charge in [0.15, 0.2) is 5.65 Å². The number of methoxy groups -OCH3 is 1. The first kappa shape index (κ1) is 15.4. The Balaban J connectivity index is 1.62. The smallest absolute Gasteiger partial charge is 0.158 e. The van der Waals surface area contributed by atoms with Gasteiger partial charge < -0.3 is 4.74 Å². The summed E-state index contributed by atoms with van der Waals surface area (Å²) in [5.74, 6) is 1.63. The van der Waals surface area contributed by atoms with Gasteiger partial charge in [0.1, 0.15) is 11.6 Å². The topological polar surface area (TPSA) is 57.2 Å². The second-order valence-corrected chi connectivity index (χ2v) is 6.11. The number of hydrogen-bond donors (Lipinski definition) is 0. The van der Waals surface area contributed by atoms with Crippen molar-refractivity contribution in [1.82, 2.24) is 24.4 Å². The van der Waals surface area contributed by atoms with Crippen LogP contribution in [0.5, 0.6) is 5.75 Å². The molecule has 3 heterocycles. The molecule has 0 radical (unpaired) electrons. The van der Waals surface area contributed by atoms with Crippen LogP contribution in [0.4, 0.5) is 0 Å². The van der Waals surface area contributed by atoms with Gasteiger partial charge in [-0.1, -0.05) is 12.1 Å². The van der Waals surface area contributed by atoms with Gasteiger partial charge in [-0.2, -0.15) is 10.2 Å². The molecule has 0 amide bonds. The lowest BCUT2D eigenvalue weighted by atomic mass is 10.1. The van der Waals surface area contributed by atoms with Crippen molar-refractivity contribution in [2.45, 2.75) is 20.4 Å². The van der Waals surface area contributed by atoms with Crippen LogP contribution in [0, 0.1) is 13.8 Å². The molecular formula is C19H19N5O. The molecule has 0 N–H and O–H groups in total. The van der Waals surface area contributed by atoms with Gasteiger partial charge in [0, 0.05) is 23.5 Å². The van der Waals surface area contributed by atoms with E-state index in [-0.39, 0.29) is 0 Å². The summed E-state index contributed by atoms with van der Waals surface area (Å²) in [7, 11) is 1.67. The molecule has 0 saturated heterocycles. The molecule has 0 fully saturated rings. The van der Waals surface area contributed by atoms with Crippen LogP contribution in [0.3, 0.4) is 0 Å². The van der Waals surface area contributed by atoms with Gasteiger partial charge in [-0.15, -0.1) is 0 Å². The highest BCUT2D eigenvalue weighted by molar-refractivity contribution is 5.65. The Kier molecular flexibility index (Phi) is 3.72. The van der Waals surface area contributed by atoms with Crippen molar-refractivity contribution in [3.05, 3.63) is 65.9 Å². The van der Waals surface area contributed by atoms with Gasteiger partial charge >= 0.3 is 0 Å². The average Bonchev–Trinajstić information content (AvgIpc) is 3.22. The summed E-state index contributed by atoms with van der Waals surface area (Å²) in [5.41, 5.74) is 5.31. The van der Waals surface area contributed by atoms with Crippen LogP contribution in [-0.2, 0) is 6.54 Å². The maximum atomic E-state index is 5.19. The lowest BCUT2D eigenvalue weighted by Gasteiger charge is -2.04. The summed E-state index contributed by atoms with van der Waals surface area (Å²) < 4.78 is 8.96. The molecule has 0 saturated carbocycles. The number of benzene rings is 1. The van der Waals surface area contributed by atoms with Gasteiger partial charge in [-0.25, -0.2) is 9.50 Å². The van der Waals surface area contributed by atoms with E-state index in [1.807, 2.05) is 40.6 Å². The first-order valence-electron chi connectivity index (χ1n) is 8.12. The summed E-state index contributed by atoms with van der Waals surface area (Å²) >= 11 is 0. The SMILES string of the molecule is COc1ccc(Cn2cc(-c3cc(C)c4nc(C)nn4c3)cn2)cc1. The van der Waals surface area contributed by atoms with Gasteiger partial charge in [0.2, 0.25) is 0 Å². The lowest BCUT2D eigenvalue weighted by Crippen LogP contribution is -1.99. The first-order chi connectivity index (χ1) is 12.1. The fourth-order valence-electron chi connectivity index (χ4n) is 2.93. The molecule has 6 nitrogen and oxygen atoms in total. The van der Waals surface area contributed by atoms with Crippen LogP contribution < -0.4 is 4.74 Å². The van der Waals surface area contributed by atoms with Crippen LogP contribution in [-0.4, -0.2) is 31.5 Å². The zero-order valence-corrected chi connectivity index (χ0v) is 14.5. The number of ether oxygens (including phenoxy) is 1. The Labute approximate surface area is 145 Å². The molecule has 6 heteroatoms. The highest BCUT2D eigenvalue weighted by atomic mass is 16.5. The number of aryl methyl sites for hydroxylation is 2. The number of fused-ring (bicyclic) bond motifs is 1. The van der Waals surface area contributed by atoms with Crippen molar-refractivity contribution in [3.63, 3.8) is 0 Å². The molecule has 0 bridgehead atoms. The molecular weight excluding hydrogens is 314 g/mol. The van der Waals surface area contributed by atoms with E-state index in [1.165, 1.54) is 5.56 Å². The molecule has 1 aromatic carbocycles. The van der Waals surface area contributed by atoms with Crippen LogP contribution in [0.2, 0.25) is 0 Å². The van der Waals surface area contributed by atoms with Gasteiger partial charge in [0.25, 0.3) is 0 Å². The number of pyridine rings is 1. The minimum absolute atomic E-state index is 0.716. The van der Waals surface area contributed by atoms with Gasteiger partial charge in [-0.05, 0) is 43.2 Å². The molecule has 4 aromatic rings. The van der Waals surface area contributed by atoms with Crippen molar-refractivity contribution in [2.75, 3.05) is 7.11 Å². The third-order valence-corrected chi connectivity index (χ3v) is 4.19. The van der Waals surface area contributed by atoms with E-state index in [0.717, 1.165) is 33.9 Å². The van der Waals surface area contributed by atoms with Gasteiger partial charge in [0.05, 0.1) is 19.9 Å². The molecule has 0 aliphatic rings. The van der Waals surface area contributed by atoms with Crippen molar-refractivity contribution < 1.29 is 4.74 Å². The number of nitrogens with zero attached hydrogens (tertiary/aromatic N) is 5. The fraction of sp³-hybridized carbons (Fsp3) is 0.211. The summed E-state index contributed by atoms with van der Waals surface area (Å²) in [6.45, 7) is 4.67. The first-order valence-corrected chi connectivity index (χ1v) is 8.12. The Morgan fingerprint density at radius 3 is 2.60 bits per heavy atom. The fourth-order valence-corrected chi connectivity index (χ4v) is 2.93. The van der Waals surface area contributed by atoms with Crippen molar-refractivity contribution in [3.8, 4) is 16.9 Å². The molecule has 0 aliphatic carbocycles. The summed E-state index contributed by atoms with van der Waals surface area (Å²) in [6, 6.07) is 10.1. The van der Waals surface area contributed by atoms with E-state index in [9.17, 15) is 0 Å². The third-order valence-electron chi connectivity index (χ3n) is 4.19. The predicted octanol–water partition coefficient (Wildman–Crippen LogP) is 3.27. The second-order valence-electron chi connectivity index (χ2n) is 6.11. The molecule has 3 aromatic heterocycles. The lowest BCUT2D eigenvalue weighted by molar-refractivity contribution is 0.414. The second kappa shape index (κ2) is 6.05. The van der Waals surface area contributed by atoms with Gasteiger partial charge in [-0.3, -0.25) is 4.68 Å². The molecule has 0 atom stereocenters. The average molecular weight is 333 g/mol.